The molecule has 0 bridgehead atoms. The van der Waals surface area contributed by atoms with E-state index in [9.17, 15) is 4.79 Å². The largest absolute Gasteiger partial charge is 0.373 e. The second-order valence-electron chi connectivity index (χ2n) is 4.34. The minimum absolute atomic E-state index is 0.226. The van der Waals surface area contributed by atoms with Gasteiger partial charge >= 0.3 is 0 Å². The highest BCUT2D eigenvalue weighted by Crippen LogP contribution is 2.42. The van der Waals surface area contributed by atoms with Gasteiger partial charge in [-0.1, -0.05) is 88.2 Å². The Morgan fingerprint density at radius 2 is 1.60 bits per heavy atom. The maximum absolute atomic E-state index is 12.6. The highest BCUT2D eigenvalue weighted by molar-refractivity contribution is 9.10. The van der Waals surface area contributed by atoms with Crippen LogP contribution in [0.3, 0.4) is 0 Å². The van der Waals surface area contributed by atoms with Crippen molar-refractivity contribution in [3.05, 3.63) is 71.8 Å². The van der Waals surface area contributed by atoms with Crippen LogP contribution in [0.15, 0.2) is 60.7 Å². The van der Waals surface area contributed by atoms with Crippen molar-refractivity contribution >= 4 is 33.3 Å². The van der Waals surface area contributed by atoms with Crippen molar-refractivity contribution in [3.8, 4) is 0 Å². The molecule has 0 radical (unpaired) electrons. The van der Waals surface area contributed by atoms with Crippen LogP contribution in [-0.4, -0.2) is 16.7 Å². The predicted octanol–water partition coefficient (Wildman–Crippen LogP) is 4.59. The average Bonchev–Trinajstić information content (AvgIpc) is 2.49. The summed E-state index contributed by atoms with van der Waals surface area (Å²) in [5, 5.41) is 0. The Morgan fingerprint density at radius 3 is 2.10 bits per heavy atom. The Kier molecular flexibility index (Phi) is 4.97. The average molecular weight is 354 g/mol. The number of hydrogen-bond acceptors (Lipinski definition) is 2. The van der Waals surface area contributed by atoms with Crippen LogP contribution in [0.2, 0.25) is 0 Å². The fraction of sp³-hybridized carbons (Fsp3) is 0.188. The normalized spacial score (nSPS) is 15.3. The maximum Gasteiger partial charge on any atom is 0.197 e. The van der Waals surface area contributed by atoms with Gasteiger partial charge in [0.15, 0.2) is 9.57 Å². The lowest BCUT2D eigenvalue weighted by molar-refractivity contribution is 0.0707. The predicted molar refractivity (Wildman–Crippen MR) is 84.5 cm³/mol. The van der Waals surface area contributed by atoms with E-state index in [4.69, 9.17) is 16.3 Å². The van der Waals surface area contributed by atoms with E-state index in [1.165, 1.54) is 7.11 Å². The monoisotopic (exact) mass is 352 g/mol. The van der Waals surface area contributed by atoms with E-state index in [1.54, 1.807) is 24.3 Å². The van der Waals surface area contributed by atoms with Gasteiger partial charge in [-0.3, -0.25) is 4.79 Å². The van der Waals surface area contributed by atoms with Gasteiger partial charge in [0, 0.05) is 12.7 Å². The molecule has 2 nitrogen and oxygen atoms in total. The number of Topliss-reactive ketones (excluding diaryl/α,β-unsaturated/α-hetero) is 1. The highest BCUT2D eigenvalue weighted by atomic mass is 79.9. The lowest BCUT2D eigenvalue weighted by atomic mass is 9.99. The molecule has 4 heteroatoms. The van der Waals surface area contributed by atoms with Gasteiger partial charge in [0.2, 0.25) is 0 Å². The van der Waals surface area contributed by atoms with Crippen LogP contribution in [0, 0.1) is 0 Å². The summed E-state index contributed by atoms with van der Waals surface area (Å²) in [6, 6.07) is 18.4. The number of methoxy groups -OCH3 is 1. The minimum Gasteiger partial charge on any atom is -0.373 e. The summed E-state index contributed by atoms with van der Waals surface area (Å²) in [6.45, 7) is 0. The highest BCUT2D eigenvalue weighted by Gasteiger charge is 2.43. The van der Waals surface area contributed by atoms with Crippen molar-refractivity contribution in [1.82, 2.24) is 0 Å². The molecule has 2 aromatic rings. The molecule has 0 saturated heterocycles. The van der Waals surface area contributed by atoms with Gasteiger partial charge in [-0.2, -0.15) is 0 Å². The Bertz CT molecular complexity index is 570. The zero-order chi connectivity index (χ0) is 14.6. The lowest BCUT2D eigenvalue weighted by Gasteiger charge is -2.28. The Balaban J connectivity index is 2.35. The third-order valence-electron chi connectivity index (χ3n) is 3.01. The molecule has 2 atom stereocenters. The second-order valence-corrected chi connectivity index (χ2v) is 6.65. The molecule has 0 saturated carbocycles. The molecule has 2 aromatic carbocycles. The summed E-state index contributed by atoms with van der Waals surface area (Å²) < 4.78 is 4.10. The summed E-state index contributed by atoms with van der Waals surface area (Å²) in [4.78, 5) is 12.6. The molecule has 0 fully saturated rings. The number of carbonyl (C=O) groups excluding carboxylic acids is 1. The number of halogens is 2. The molecule has 0 aliphatic heterocycles. The SMILES string of the molecule is CO[C@@H](c1ccccc1)[C@](Cl)(Br)C(=O)c1ccccc1. The first-order valence-electron chi connectivity index (χ1n) is 6.12. The fourth-order valence-electron chi connectivity index (χ4n) is 2.02. The molecule has 0 heterocycles. The van der Waals surface area contributed by atoms with Gasteiger partial charge in [-0.25, -0.2) is 0 Å². The van der Waals surface area contributed by atoms with Crippen molar-refractivity contribution in [3.63, 3.8) is 0 Å². The third-order valence-corrected chi connectivity index (χ3v) is 4.15. The molecular weight excluding hydrogens is 340 g/mol. The molecule has 20 heavy (non-hydrogen) atoms. The number of alkyl halides is 2. The summed E-state index contributed by atoms with van der Waals surface area (Å²) in [5.74, 6) is -0.226. The molecule has 104 valence electrons. The van der Waals surface area contributed by atoms with Gasteiger partial charge in [-0.15, -0.1) is 0 Å². The molecule has 0 N–H and O–H groups in total. The number of rotatable bonds is 5. The summed E-state index contributed by atoms with van der Waals surface area (Å²) in [5.41, 5.74) is 1.38. The van der Waals surface area contributed by atoms with E-state index >= 15 is 0 Å². The van der Waals surface area contributed by atoms with E-state index in [1.807, 2.05) is 36.4 Å². The van der Waals surface area contributed by atoms with Gasteiger partial charge in [0.05, 0.1) is 0 Å². The summed E-state index contributed by atoms with van der Waals surface area (Å²) in [7, 11) is 1.54. The van der Waals surface area contributed by atoms with Crippen molar-refractivity contribution in [2.75, 3.05) is 7.11 Å². The third kappa shape index (κ3) is 3.11. The molecule has 2 rings (SSSR count). The number of ketones is 1. The molecule has 0 unspecified atom stereocenters. The Morgan fingerprint density at radius 1 is 1.10 bits per heavy atom. The first kappa shape index (κ1) is 15.2. The number of carbonyl (C=O) groups is 1. The first-order valence-corrected chi connectivity index (χ1v) is 7.30. The van der Waals surface area contributed by atoms with Gasteiger partial charge in [0.25, 0.3) is 0 Å². The summed E-state index contributed by atoms with van der Waals surface area (Å²) >= 11 is 9.80. The summed E-state index contributed by atoms with van der Waals surface area (Å²) in [6.07, 6.45) is -0.585. The number of hydrogen-bond donors (Lipinski definition) is 0. The van der Waals surface area contributed by atoms with Gasteiger partial charge < -0.3 is 4.74 Å². The van der Waals surface area contributed by atoms with Crippen molar-refractivity contribution < 1.29 is 9.53 Å². The number of ether oxygens (including phenoxy) is 1. The lowest BCUT2D eigenvalue weighted by Crippen LogP contribution is -2.34. The van der Waals surface area contributed by atoms with Crippen molar-refractivity contribution in [2.24, 2.45) is 0 Å². The molecule has 0 aliphatic carbocycles. The van der Waals surface area contributed by atoms with Gasteiger partial charge in [-0.05, 0) is 5.56 Å². The number of benzene rings is 2. The first-order chi connectivity index (χ1) is 9.57. The van der Waals surface area contributed by atoms with Crippen LogP contribution < -0.4 is 0 Å². The van der Waals surface area contributed by atoms with Crippen LogP contribution in [0.25, 0.3) is 0 Å². The zero-order valence-electron chi connectivity index (χ0n) is 10.9. The minimum atomic E-state index is -1.34. The van der Waals surface area contributed by atoms with Crippen LogP contribution in [0.5, 0.6) is 0 Å². The van der Waals surface area contributed by atoms with Crippen LogP contribution >= 0.6 is 27.5 Å². The van der Waals surface area contributed by atoms with Crippen LogP contribution in [0.4, 0.5) is 0 Å². The fourth-order valence-corrected chi connectivity index (χ4v) is 3.03. The van der Waals surface area contributed by atoms with Crippen LogP contribution in [-0.2, 0) is 4.74 Å². The van der Waals surface area contributed by atoms with E-state index in [0.29, 0.717) is 5.56 Å². The van der Waals surface area contributed by atoms with E-state index < -0.39 is 9.89 Å². The molecule has 0 aliphatic rings. The Hall–Kier alpha value is -1.16. The quantitative estimate of drug-likeness (QED) is 0.580. The molecule has 0 spiro atoms. The molecule has 0 aromatic heterocycles. The Labute approximate surface area is 131 Å². The van der Waals surface area contributed by atoms with Crippen LogP contribution in [0.1, 0.15) is 22.0 Å². The van der Waals surface area contributed by atoms with E-state index in [-0.39, 0.29) is 5.78 Å². The topological polar surface area (TPSA) is 26.3 Å². The second kappa shape index (κ2) is 6.53. The van der Waals surface area contributed by atoms with Gasteiger partial charge in [0.1, 0.15) is 6.10 Å². The molecule has 0 amide bonds. The smallest absolute Gasteiger partial charge is 0.197 e. The van der Waals surface area contributed by atoms with E-state index in [2.05, 4.69) is 15.9 Å². The zero-order valence-corrected chi connectivity index (χ0v) is 13.3. The van der Waals surface area contributed by atoms with Crippen molar-refractivity contribution in [1.29, 1.82) is 0 Å². The maximum atomic E-state index is 12.6. The van der Waals surface area contributed by atoms with E-state index in [0.717, 1.165) is 5.56 Å². The molecular formula is C16H14BrClO2. The van der Waals surface area contributed by atoms with Crippen molar-refractivity contribution in [2.45, 2.75) is 9.89 Å². The standard InChI is InChI=1S/C16H14BrClO2/c1-20-15(13-10-6-3-7-11-13)16(17,18)14(19)12-8-4-2-5-9-12/h2-11,15H,1H3/t15-,16-/m0/s1.